The van der Waals surface area contributed by atoms with Gasteiger partial charge in [-0.15, -0.1) is 11.3 Å². The van der Waals surface area contributed by atoms with Crippen molar-refractivity contribution >= 4 is 21.6 Å². The van der Waals surface area contributed by atoms with E-state index in [4.69, 9.17) is 4.42 Å². The second kappa shape index (κ2) is 5.28. The third kappa shape index (κ3) is 2.39. The van der Waals surface area contributed by atoms with Crippen LogP contribution in [0.25, 0.3) is 10.2 Å². The molecule has 0 bridgehead atoms. The van der Waals surface area contributed by atoms with E-state index in [0.29, 0.717) is 6.04 Å². The van der Waals surface area contributed by atoms with Crippen LogP contribution in [0.15, 0.2) is 40.5 Å². The van der Waals surface area contributed by atoms with E-state index in [9.17, 15) is 0 Å². The summed E-state index contributed by atoms with van der Waals surface area (Å²) >= 11 is 1.75. The first kappa shape index (κ1) is 13.0. The fourth-order valence-electron chi connectivity index (χ4n) is 3.16. The molecule has 2 atom stereocenters. The molecule has 1 N–H and O–H groups in total. The van der Waals surface area contributed by atoms with Crippen LogP contribution in [0.4, 0.5) is 0 Å². The van der Waals surface area contributed by atoms with Crippen LogP contribution in [-0.2, 0) is 6.42 Å². The Morgan fingerprint density at radius 1 is 1.43 bits per heavy atom. The molecule has 4 rings (SSSR count). The lowest BCUT2D eigenvalue weighted by atomic mass is 9.92. The highest BCUT2D eigenvalue weighted by atomic mass is 32.1. The highest BCUT2D eigenvalue weighted by Crippen LogP contribution is 2.32. The van der Waals surface area contributed by atoms with Crippen molar-refractivity contribution in [2.24, 2.45) is 0 Å². The zero-order valence-electron chi connectivity index (χ0n) is 12.0. The number of thiophene rings is 1. The topological polar surface area (TPSA) is 38.1 Å². The Kier molecular flexibility index (Phi) is 3.28. The largest absolute Gasteiger partial charge is 0.469 e. The second-order valence-corrected chi connectivity index (χ2v) is 6.65. The predicted octanol–water partition coefficient (Wildman–Crippen LogP) is 4.62. The molecule has 0 radical (unpaired) electrons. The highest BCUT2D eigenvalue weighted by Gasteiger charge is 2.24. The summed E-state index contributed by atoms with van der Waals surface area (Å²) in [5.74, 6) is 1.15. The summed E-state index contributed by atoms with van der Waals surface area (Å²) in [5.41, 5.74) is 3.67. The quantitative estimate of drug-likeness (QED) is 0.767. The molecule has 2 unspecified atom stereocenters. The molecule has 3 nitrogen and oxygen atoms in total. The monoisotopic (exact) mass is 298 g/mol. The number of aryl methyl sites for hydroxylation is 1. The molecule has 0 amide bonds. The zero-order valence-corrected chi connectivity index (χ0v) is 12.8. The minimum absolute atomic E-state index is 0.287. The summed E-state index contributed by atoms with van der Waals surface area (Å²) in [4.78, 5) is 4.54. The van der Waals surface area contributed by atoms with Crippen LogP contribution in [0.2, 0.25) is 0 Å². The number of nitrogens with one attached hydrogen (secondary N) is 1. The van der Waals surface area contributed by atoms with Gasteiger partial charge in [0, 0.05) is 30.3 Å². The molecule has 0 fully saturated rings. The molecule has 3 heterocycles. The molecule has 0 saturated carbocycles. The summed E-state index contributed by atoms with van der Waals surface area (Å²) in [6.45, 7) is 2.21. The van der Waals surface area contributed by atoms with Crippen LogP contribution < -0.4 is 5.32 Å². The summed E-state index contributed by atoms with van der Waals surface area (Å²) in [5, 5.41) is 5.83. The van der Waals surface area contributed by atoms with E-state index in [2.05, 4.69) is 40.8 Å². The van der Waals surface area contributed by atoms with Crippen molar-refractivity contribution in [3.8, 4) is 0 Å². The molecule has 108 valence electrons. The smallest absolute Gasteiger partial charge is 0.108 e. The Labute approximate surface area is 128 Å². The van der Waals surface area contributed by atoms with Crippen LogP contribution in [0.3, 0.4) is 0 Å². The number of furan rings is 1. The molecule has 0 aliphatic heterocycles. The predicted molar refractivity (Wildman–Crippen MR) is 85.6 cm³/mol. The van der Waals surface area contributed by atoms with Gasteiger partial charge < -0.3 is 9.73 Å². The highest BCUT2D eigenvalue weighted by molar-refractivity contribution is 7.17. The molecule has 0 aromatic carbocycles. The van der Waals surface area contributed by atoms with Crippen molar-refractivity contribution in [3.05, 3.63) is 52.9 Å². The number of hydrogen-bond donors (Lipinski definition) is 1. The lowest BCUT2D eigenvalue weighted by molar-refractivity contribution is 0.385. The van der Waals surface area contributed by atoms with Gasteiger partial charge in [-0.05, 0) is 48.9 Å². The first-order valence-electron chi connectivity index (χ1n) is 7.47. The third-order valence-electron chi connectivity index (χ3n) is 4.33. The van der Waals surface area contributed by atoms with Gasteiger partial charge in [0.15, 0.2) is 0 Å². The Morgan fingerprint density at radius 2 is 2.38 bits per heavy atom. The Hall–Kier alpha value is -1.65. The summed E-state index contributed by atoms with van der Waals surface area (Å²) in [6.07, 6.45) is 7.23. The Morgan fingerprint density at radius 3 is 3.33 bits per heavy atom. The van der Waals surface area contributed by atoms with E-state index in [1.54, 1.807) is 11.3 Å². The van der Waals surface area contributed by atoms with Gasteiger partial charge in [-0.3, -0.25) is 4.98 Å². The Balaban J connectivity index is 1.57. The van der Waals surface area contributed by atoms with E-state index < -0.39 is 0 Å². The third-order valence-corrected chi connectivity index (χ3v) is 5.18. The number of rotatable bonds is 3. The van der Waals surface area contributed by atoms with Crippen molar-refractivity contribution in [2.75, 3.05) is 0 Å². The van der Waals surface area contributed by atoms with E-state index in [1.165, 1.54) is 28.7 Å². The van der Waals surface area contributed by atoms with Crippen LogP contribution in [-0.4, -0.2) is 4.98 Å². The minimum Gasteiger partial charge on any atom is -0.469 e. The second-order valence-electron chi connectivity index (χ2n) is 5.70. The average molecular weight is 298 g/mol. The lowest BCUT2D eigenvalue weighted by Crippen LogP contribution is -2.27. The van der Waals surface area contributed by atoms with Gasteiger partial charge in [-0.1, -0.05) is 0 Å². The van der Waals surface area contributed by atoms with Gasteiger partial charge in [0.05, 0.1) is 16.5 Å². The normalized spacial score (nSPS) is 19.6. The SMILES string of the molecule is CC(NC1CCCc2occc21)c1cnc2ccsc2c1. The van der Waals surface area contributed by atoms with Crippen molar-refractivity contribution in [2.45, 2.75) is 38.3 Å². The lowest BCUT2D eigenvalue weighted by Gasteiger charge is -2.26. The zero-order chi connectivity index (χ0) is 14.2. The maximum absolute atomic E-state index is 5.57. The summed E-state index contributed by atoms with van der Waals surface area (Å²) < 4.78 is 6.83. The number of aromatic nitrogens is 1. The molecule has 3 aromatic heterocycles. The van der Waals surface area contributed by atoms with Gasteiger partial charge in [0.2, 0.25) is 0 Å². The number of nitrogens with zero attached hydrogens (tertiary/aromatic N) is 1. The molecule has 3 aromatic rings. The van der Waals surface area contributed by atoms with Gasteiger partial charge in [-0.25, -0.2) is 0 Å². The van der Waals surface area contributed by atoms with Crippen LogP contribution in [0.1, 0.15) is 48.7 Å². The van der Waals surface area contributed by atoms with E-state index in [1.807, 2.05) is 12.5 Å². The van der Waals surface area contributed by atoms with Crippen molar-refractivity contribution in [1.82, 2.24) is 10.3 Å². The van der Waals surface area contributed by atoms with E-state index in [-0.39, 0.29) is 6.04 Å². The van der Waals surface area contributed by atoms with E-state index in [0.717, 1.165) is 17.7 Å². The van der Waals surface area contributed by atoms with Crippen molar-refractivity contribution in [1.29, 1.82) is 0 Å². The minimum atomic E-state index is 0.287. The molecule has 0 saturated heterocycles. The summed E-state index contributed by atoms with van der Waals surface area (Å²) in [7, 11) is 0. The van der Waals surface area contributed by atoms with Gasteiger partial charge in [-0.2, -0.15) is 0 Å². The van der Waals surface area contributed by atoms with Gasteiger partial charge >= 0.3 is 0 Å². The maximum atomic E-state index is 5.57. The summed E-state index contributed by atoms with van der Waals surface area (Å²) in [6, 6.07) is 7.11. The van der Waals surface area contributed by atoms with Crippen LogP contribution in [0.5, 0.6) is 0 Å². The fraction of sp³-hybridized carbons (Fsp3) is 0.353. The van der Waals surface area contributed by atoms with Crippen LogP contribution >= 0.6 is 11.3 Å². The number of fused-ring (bicyclic) bond motifs is 2. The molecule has 0 spiro atoms. The number of pyridine rings is 1. The van der Waals surface area contributed by atoms with Crippen molar-refractivity contribution in [3.63, 3.8) is 0 Å². The molecule has 21 heavy (non-hydrogen) atoms. The van der Waals surface area contributed by atoms with Gasteiger partial charge in [0.1, 0.15) is 5.76 Å². The molecular weight excluding hydrogens is 280 g/mol. The average Bonchev–Trinajstić information content (AvgIpc) is 3.15. The van der Waals surface area contributed by atoms with Gasteiger partial charge in [0.25, 0.3) is 0 Å². The molecule has 4 heteroatoms. The fourth-order valence-corrected chi connectivity index (χ4v) is 3.95. The molecule has 1 aliphatic carbocycles. The molecule has 1 aliphatic rings. The first-order chi connectivity index (χ1) is 10.3. The Bertz CT molecular complexity index is 761. The maximum Gasteiger partial charge on any atom is 0.108 e. The van der Waals surface area contributed by atoms with Crippen LogP contribution in [0, 0.1) is 0 Å². The van der Waals surface area contributed by atoms with E-state index >= 15 is 0 Å². The molecular formula is C17H18N2OS. The number of hydrogen-bond acceptors (Lipinski definition) is 4. The standard InChI is InChI=1S/C17H18N2OS/c1-11(12-9-17-15(18-10-12)6-8-21-17)19-14-3-2-4-16-13(14)5-7-20-16/h5-11,14,19H,2-4H2,1H3. The first-order valence-corrected chi connectivity index (χ1v) is 8.35. The van der Waals surface area contributed by atoms with Crippen molar-refractivity contribution < 1.29 is 4.42 Å².